The molecule has 0 spiro atoms. The van der Waals surface area contributed by atoms with Crippen LogP contribution in [0, 0.1) is 11.8 Å². The van der Waals surface area contributed by atoms with E-state index in [1.165, 1.54) is 29.7 Å². The van der Waals surface area contributed by atoms with Crippen molar-refractivity contribution >= 4 is 17.6 Å². The number of hydrogen-bond acceptors (Lipinski definition) is 5. The Morgan fingerprint density at radius 2 is 1.94 bits per heavy atom. The second-order valence-corrected chi connectivity index (χ2v) is 10.9. The summed E-state index contributed by atoms with van der Waals surface area (Å²) in [4.78, 5) is 1.15. The topological polar surface area (TPSA) is 41.9 Å². The van der Waals surface area contributed by atoms with Crippen LogP contribution in [0.1, 0.15) is 63.1 Å². The average Bonchev–Trinajstić information content (AvgIpc) is 2.84. The fraction of sp³-hybridized carbons (Fsp3) is 0.571. The molecule has 1 fully saturated rings. The Hall–Kier alpha value is -1.69. The molecule has 5 heteroatoms. The third-order valence-corrected chi connectivity index (χ3v) is 7.99. The SMILES string of the molecule is CCc1ccc2c(c1)CCC(CC(C)C)N2Sc1ccc(OCC2CCOCC2)c(CO)c1. The normalized spacial score (nSPS) is 19.1. The van der Waals surface area contributed by atoms with Crippen molar-refractivity contribution in [2.45, 2.75) is 76.8 Å². The van der Waals surface area contributed by atoms with Gasteiger partial charge >= 0.3 is 0 Å². The third kappa shape index (κ3) is 6.26. The quantitative estimate of drug-likeness (QED) is 0.429. The molecule has 1 unspecified atom stereocenters. The van der Waals surface area contributed by atoms with Crippen LogP contribution in [-0.2, 0) is 24.2 Å². The molecule has 2 aliphatic rings. The molecule has 0 aliphatic carbocycles. The van der Waals surface area contributed by atoms with E-state index in [1.807, 2.05) is 6.07 Å². The van der Waals surface area contributed by atoms with Crippen molar-refractivity contribution in [2.75, 3.05) is 24.1 Å². The van der Waals surface area contributed by atoms with Crippen molar-refractivity contribution in [3.8, 4) is 5.75 Å². The maximum absolute atomic E-state index is 10.0. The highest BCUT2D eigenvalue weighted by Crippen LogP contribution is 2.41. The minimum absolute atomic E-state index is 0.0105. The third-order valence-electron chi connectivity index (χ3n) is 6.83. The standard InChI is InChI=1S/C28H39NO3S/c1-4-21-5-9-27-23(16-21)6-7-25(15-20(2)3)29(27)33-26-8-10-28(24(17-26)18-30)32-19-22-11-13-31-14-12-22/h5,8-10,16-17,20,22,25,30H,4,6-7,11-15,18-19H2,1-3H3. The summed E-state index contributed by atoms with van der Waals surface area (Å²) in [6.45, 7) is 9.18. The maximum Gasteiger partial charge on any atom is 0.124 e. The smallest absolute Gasteiger partial charge is 0.124 e. The summed E-state index contributed by atoms with van der Waals surface area (Å²) in [6.07, 6.45) is 6.69. The van der Waals surface area contributed by atoms with Crippen molar-refractivity contribution in [1.29, 1.82) is 0 Å². The number of aliphatic hydroxyl groups excluding tert-OH is 1. The van der Waals surface area contributed by atoms with Crippen LogP contribution < -0.4 is 9.04 Å². The summed E-state index contributed by atoms with van der Waals surface area (Å²) in [5.41, 5.74) is 5.08. The Balaban J connectivity index is 1.52. The Morgan fingerprint density at radius 1 is 1.12 bits per heavy atom. The van der Waals surface area contributed by atoms with Gasteiger partial charge in [-0.3, -0.25) is 0 Å². The van der Waals surface area contributed by atoms with Crippen LogP contribution >= 0.6 is 11.9 Å². The number of aliphatic hydroxyl groups is 1. The molecule has 2 aromatic rings. The van der Waals surface area contributed by atoms with Gasteiger partial charge in [0.05, 0.1) is 18.9 Å². The zero-order valence-corrected chi connectivity index (χ0v) is 21.2. The van der Waals surface area contributed by atoms with Gasteiger partial charge in [0.25, 0.3) is 0 Å². The van der Waals surface area contributed by atoms with Gasteiger partial charge in [0.2, 0.25) is 0 Å². The molecular formula is C28H39NO3S. The Kier molecular flexibility index (Phi) is 8.61. The molecule has 2 heterocycles. The van der Waals surface area contributed by atoms with E-state index in [1.54, 1.807) is 11.9 Å². The second kappa shape index (κ2) is 11.6. The summed E-state index contributed by atoms with van der Waals surface area (Å²) in [5.74, 6) is 2.00. The molecule has 1 N–H and O–H groups in total. The van der Waals surface area contributed by atoms with Gasteiger partial charge in [-0.05, 0) is 97.7 Å². The van der Waals surface area contributed by atoms with Crippen LogP contribution in [0.15, 0.2) is 41.3 Å². The number of nitrogens with zero attached hydrogens (tertiary/aromatic N) is 1. The average molecular weight is 470 g/mol. The summed E-state index contributed by atoms with van der Waals surface area (Å²) in [5, 5.41) is 10.0. The van der Waals surface area contributed by atoms with Crippen molar-refractivity contribution in [1.82, 2.24) is 0 Å². The minimum Gasteiger partial charge on any atom is -0.493 e. The first kappa shape index (κ1) is 24.4. The first-order valence-corrected chi connectivity index (χ1v) is 13.4. The van der Waals surface area contributed by atoms with Crippen LogP contribution in [0.3, 0.4) is 0 Å². The predicted molar refractivity (Wildman–Crippen MR) is 137 cm³/mol. The van der Waals surface area contributed by atoms with Gasteiger partial charge in [-0.25, -0.2) is 0 Å². The molecule has 33 heavy (non-hydrogen) atoms. The highest BCUT2D eigenvalue weighted by atomic mass is 32.2. The van der Waals surface area contributed by atoms with Crippen molar-refractivity contribution in [3.63, 3.8) is 0 Å². The van der Waals surface area contributed by atoms with Gasteiger partial charge < -0.3 is 18.9 Å². The largest absolute Gasteiger partial charge is 0.493 e. The predicted octanol–water partition coefficient (Wildman–Crippen LogP) is 6.42. The highest BCUT2D eigenvalue weighted by molar-refractivity contribution is 8.00. The lowest BCUT2D eigenvalue weighted by molar-refractivity contribution is 0.0494. The number of ether oxygens (including phenoxy) is 2. The van der Waals surface area contributed by atoms with Gasteiger partial charge in [0.15, 0.2) is 0 Å². The Morgan fingerprint density at radius 3 is 2.67 bits per heavy atom. The molecule has 2 aromatic carbocycles. The van der Waals surface area contributed by atoms with Crippen LogP contribution in [-0.4, -0.2) is 31.0 Å². The lowest BCUT2D eigenvalue weighted by Gasteiger charge is -2.39. The lowest BCUT2D eigenvalue weighted by Crippen LogP contribution is -2.35. The summed E-state index contributed by atoms with van der Waals surface area (Å²) in [7, 11) is 0. The van der Waals surface area contributed by atoms with Gasteiger partial charge in [0, 0.05) is 29.7 Å². The van der Waals surface area contributed by atoms with Crippen LogP contribution in [0.4, 0.5) is 5.69 Å². The number of anilines is 1. The fourth-order valence-corrected chi connectivity index (χ4v) is 6.07. The fourth-order valence-electron chi connectivity index (χ4n) is 4.90. The summed E-state index contributed by atoms with van der Waals surface area (Å²) in [6, 6.07) is 13.8. The van der Waals surface area contributed by atoms with E-state index in [2.05, 4.69) is 55.4 Å². The van der Waals surface area contributed by atoms with Gasteiger partial charge in [-0.1, -0.05) is 32.9 Å². The van der Waals surface area contributed by atoms with E-state index in [9.17, 15) is 5.11 Å². The van der Waals surface area contributed by atoms with E-state index < -0.39 is 0 Å². The van der Waals surface area contributed by atoms with E-state index in [-0.39, 0.29) is 6.61 Å². The molecule has 0 bridgehead atoms. The Labute approximate surface area is 203 Å². The molecular weight excluding hydrogens is 430 g/mol. The van der Waals surface area contributed by atoms with Crippen LogP contribution in [0.5, 0.6) is 5.75 Å². The lowest BCUT2D eigenvalue weighted by atomic mass is 9.91. The molecule has 1 saturated heterocycles. The molecule has 0 amide bonds. The molecule has 0 aromatic heterocycles. The van der Waals surface area contributed by atoms with Crippen LogP contribution in [0.25, 0.3) is 0 Å². The van der Waals surface area contributed by atoms with E-state index in [0.29, 0.717) is 24.5 Å². The van der Waals surface area contributed by atoms with Gasteiger partial charge in [-0.15, -0.1) is 0 Å². The number of rotatable bonds is 9. The van der Waals surface area contributed by atoms with Crippen molar-refractivity contribution in [2.24, 2.45) is 11.8 Å². The number of hydrogen-bond donors (Lipinski definition) is 1. The molecule has 0 radical (unpaired) electrons. The van der Waals surface area contributed by atoms with E-state index >= 15 is 0 Å². The maximum atomic E-state index is 10.0. The molecule has 1 atom stereocenters. The molecule has 4 nitrogen and oxygen atoms in total. The van der Waals surface area contributed by atoms with Crippen LogP contribution in [0.2, 0.25) is 0 Å². The summed E-state index contributed by atoms with van der Waals surface area (Å²) < 4.78 is 14.1. The second-order valence-electron chi connectivity index (χ2n) is 9.85. The monoisotopic (exact) mass is 469 g/mol. The summed E-state index contributed by atoms with van der Waals surface area (Å²) >= 11 is 1.81. The molecule has 2 aliphatic heterocycles. The van der Waals surface area contributed by atoms with Gasteiger partial charge in [0.1, 0.15) is 5.75 Å². The number of fused-ring (bicyclic) bond motifs is 1. The number of benzene rings is 2. The highest BCUT2D eigenvalue weighted by Gasteiger charge is 2.28. The number of aryl methyl sites for hydroxylation is 2. The first-order chi connectivity index (χ1) is 16.1. The zero-order chi connectivity index (χ0) is 23.2. The van der Waals surface area contributed by atoms with Crippen molar-refractivity contribution in [3.05, 3.63) is 53.1 Å². The molecule has 180 valence electrons. The molecule has 4 rings (SSSR count). The Bertz CT molecular complexity index is 910. The zero-order valence-electron chi connectivity index (χ0n) is 20.4. The van der Waals surface area contributed by atoms with Crippen molar-refractivity contribution < 1.29 is 14.6 Å². The minimum atomic E-state index is -0.0105. The molecule has 0 saturated carbocycles. The van der Waals surface area contributed by atoms with E-state index in [0.717, 1.165) is 55.1 Å². The first-order valence-electron chi connectivity index (χ1n) is 12.6. The van der Waals surface area contributed by atoms with Gasteiger partial charge in [-0.2, -0.15) is 0 Å². The van der Waals surface area contributed by atoms with E-state index in [4.69, 9.17) is 9.47 Å².